The van der Waals surface area contributed by atoms with Crippen LogP contribution in [0.3, 0.4) is 0 Å². The maximum Gasteiger partial charge on any atom is 0.207 e. The van der Waals surface area contributed by atoms with Crippen LogP contribution in [-0.4, -0.2) is 13.4 Å². The Morgan fingerprint density at radius 3 is 1.31 bits per heavy atom. The van der Waals surface area contributed by atoms with Gasteiger partial charge in [-0.3, -0.25) is 4.98 Å². The predicted molar refractivity (Wildman–Crippen MR) is 289 cm³/mol. The van der Waals surface area contributed by atoms with Gasteiger partial charge in [-0.1, -0.05) is 198 Å². The number of fused-ring (bicyclic) bond motifs is 8. The Morgan fingerprint density at radius 2 is 0.789 bits per heavy atom. The standard InChI is InChI=1S/C66H50N2O2S/c1-64(2)54-25-13-11-23-50(54)52-37-35-48(41-58(52)64)68(49-36-38-53-51-24-12-14-26-55(51)65(3,4)59(53)42-49)47-33-31-46(32-34-47)66(56-27-15-17-29-61(56)71(69,70)62-30-18-16-28-57(62)66)63-40-45(43-19-7-5-8-20-43)39-60(67-63)44-21-9-6-10-22-44/h5-42H,1-4H3. The number of sulfone groups is 1. The molecule has 0 unspecified atom stereocenters. The van der Waals surface area contributed by atoms with E-state index in [1.54, 1.807) is 12.1 Å². The normalized spacial score (nSPS) is 15.6. The summed E-state index contributed by atoms with van der Waals surface area (Å²) in [7, 11) is -3.91. The number of benzene rings is 9. The summed E-state index contributed by atoms with van der Waals surface area (Å²) in [4.78, 5) is 8.57. The van der Waals surface area contributed by atoms with Crippen LogP contribution in [0.2, 0.25) is 0 Å². The summed E-state index contributed by atoms with van der Waals surface area (Å²) in [5.41, 5.74) is 18.7. The zero-order valence-corrected chi connectivity index (χ0v) is 40.9. The first-order valence-corrected chi connectivity index (χ1v) is 25.9. The molecule has 5 heteroatoms. The number of anilines is 3. The van der Waals surface area contributed by atoms with E-state index in [0.717, 1.165) is 50.7 Å². The van der Waals surface area contributed by atoms with Gasteiger partial charge < -0.3 is 4.90 Å². The van der Waals surface area contributed by atoms with Crippen molar-refractivity contribution in [2.45, 2.75) is 53.7 Å². The topological polar surface area (TPSA) is 50.3 Å². The van der Waals surface area contributed by atoms with E-state index in [0.29, 0.717) is 11.1 Å². The molecule has 0 amide bonds. The number of rotatable bonds is 7. The first-order chi connectivity index (χ1) is 34.5. The average molecular weight is 935 g/mol. The highest BCUT2D eigenvalue weighted by Gasteiger charge is 2.50. The Morgan fingerprint density at radius 1 is 0.366 bits per heavy atom. The van der Waals surface area contributed by atoms with Crippen LogP contribution in [-0.2, 0) is 26.1 Å². The van der Waals surface area contributed by atoms with Crippen LogP contribution in [0.1, 0.15) is 72.3 Å². The van der Waals surface area contributed by atoms with Gasteiger partial charge in [0.25, 0.3) is 0 Å². The minimum Gasteiger partial charge on any atom is -0.310 e. The van der Waals surface area contributed by atoms with E-state index in [1.165, 1.54) is 44.5 Å². The monoisotopic (exact) mass is 934 g/mol. The highest BCUT2D eigenvalue weighted by molar-refractivity contribution is 7.91. The summed E-state index contributed by atoms with van der Waals surface area (Å²) >= 11 is 0. The van der Waals surface area contributed by atoms with E-state index in [-0.39, 0.29) is 20.6 Å². The summed E-state index contributed by atoms with van der Waals surface area (Å²) < 4.78 is 29.7. The van der Waals surface area contributed by atoms with Crippen LogP contribution < -0.4 is 4.90 Å². The van der Waals surface area contributed by atoms with E-state index >= 15 is 0 Å². The van der Waals surface area contributed by atoms with Crippen LogP contribution >= 0.6 is 0 Å². The molecule has 0 radical (unpaired) electrons. The minimum absolute atomic E-state index is 0.201. The smallest absolute Gasteiger partial charge is 0.207 e. The first kappa shape index (κ1) is 42.9. The van der Waals surface area contributed by atoms with Crippen molar-refractivity contribution in [3.8, 4) is 44.6 Å². The first-order valence-electron chi connectivity index (χ1n) is 24.4. The van der Waals surface area contributed by atoms with E-state index in [4.69, 9.17) is 4.98 Å². The number of hydrogen-bond acceptors (Lipinski definition) is 4. The van der Waals surface area contributed by atoms with Crippen molar-refractivity contribution in [1.29, 1.82) is 0 Å². The molecule has 0 saturated carbocycles. The predicted octanol–water partition coefficient (Wildman–Crippen LogP) is 16.0. The van der Waals surface area contributed by atoms with Gasteiger partial charge in [-0.2, -0.15) is 0 Å². The minimum atomic E-state index is -3.91. The molecule has 2 heterocycles. The molecule has 0 fully saturated rings. The van der Waals surface area contributed by atoms with Crippen LogP contribution in [0.5, 0.6) is 0 Å². The van der Waals surface area contributed by atoms with Crippen LogP contribution in [0, 0.1) is 0 Å². The van der Waals surface area contributed by atoms with E-state index < -0.39 is 15.3 Å². The lowest BCUT2D eigenvalue weighted by Crippen LogP contribution is -2.38. The van der Waals surface area contributed by atoms with Gasteiger partial charge in [-0.15, -0.1) is 0 Å². The maximum absolute atomic E-state index is 14.8. The molecule has 1 aliphatic heterocycles. The highest BCUT2D eigenvalue weighted by atomic mass is 32.2. The molecule has 342 valence electrons. The summed E-state index contributed by atoms with van der Waals surface area (Å²) in [5, 5.41) is 0. The SMILES string of the molecule is CC1(C)c2ccccc2-c2ccc(N(c3ccc(C4(c5cc(-c6ccccc6)cc(-c6ccccc6)n5)c5ccccc5S(=O)(=O)c5ccccc54)cc3)c3ccc4c(c3)C(C)(C)c3ccccc3-4)cc21. The number of hydrogen-bond donors (Lipinski definition) is 0. The third-order valence-electron chi connectivity index (χ3n) is 15.8. The van der Waals surface area contributed by atoms with E-state index in [1.807, 2.05) is 60.7 Å². The molecule has 0 spiro atoms. The second-order valence-electron chi connectivity index (χ2n) is 20.3. The van der Waals surface area contributed by atoms with Gasteiger partial charge in [0, 0.05) is 33.5 Å². The Bertz CT molecular complexity index is 3680. The van der Waals surface area contributed by atoms with Gasteiger partial charge in [0.2, 0.25) is 9.84 Å². The summed E-state index contributed by atoms with van der Waals surface area (Å²) in [5.74, 6) is 0. The Hall–Kier alpha value is -8.12. The fourth-order valence-corrected chi connectivity index (χ4v) is 14.0. The van der Waals surface area contributed by atoms with Crippen molar-refractivity contribution >= 4 is 26.9 Å². The van der Waals surface area contributed by atoms with Crippen molar-refractivity contribution in [3.63, 3.8) is 0 Å². The zero-order valence-electron chi connectivity index (χ0n) is 40.1. The molecule has 10 aromatic rings. The lowest BCUT2D eigenvalue weighted by molar-refractivity contribution is 0.576. The van der Waals surface area contributed by atoms with Gasteiger partial charge in [-0.25, -0.2) is 8.42 Å². The second-order valence-corrected chi connectivity index (χ2v) is 22.2. The third-order valence-corrected chi connectivity index (χ3v) is 17.6. The van der Waals surface area contributed by atoms with Crippen molar-refractivity contribution in [3.05, 3.63) is 275 Å². The number of pyridine rings is 1. The molecule has 4 nitrogen and oxygen atoms in total. The fourth-order valence-electron chi connectivity index (χ4n) is 12.3. The Kier molecular flexibility index (Phi) is 9.49. The lowest BCUT2D eigenvalue weighted by Gasteiger charge is -2.41. The van der Waals surface area contributed by atoms with Crippen LogP contribution in [0.25, 0.3) is 44.6 Å². The molecule has 1 aromatic heterocycles. The van der Waals surface area contributed by atoms with Gasteiger partial charge >= 0.3 is 0 Å². The van der Waals surface area contributed by atoms with Gasteiger partial charge in [0.15, 0.2) is 0 Å². The molecule has 0 bridgehead atoms. The Labute approximate surface area is 416 Å². The van der Waals surface area contributed by atoms with Crippen molar-refractivity contribution < 1.29 is 8.42 Å². The van der Waals surface area contributed by atoms with Gasteiger partial charge in [-0.05, 0) is 133 Å². The average Bonchev–Trinajstić information content (AvgIpc) is 3.78. The molecule has 2 aliphatic carbocycles. The second kappa shape index (κ2) is 15.7. The van der Waals surface area contributed by atoms with Crippen molar-refractivity contribution in [1.82, 2.24) is 4.98 Å². The Balaban J connectivity index is 1.06. The summed E-state index contributed by atoms with van der Waals surface area (Å²) in [6.45, 7) is 9.33. The maximum atomic E-state index is 14.8. The molecule has 0 atom stereocenters. The fraction of sp³-hybridized carbons (Fsp3) is 0.106. The largest absolute Gasteiger partial charge is 0.310 e. The van der Waals surface area contributed by atoms with Gasteiger partial charge in [0.1, 0.15) is 0 Å². The molecule has 3 aliphatic rings. The van der Waals surface area contributed by atoms with Crippen LogP contribution in [0.15, 0.2) is 240 Å². The molecule has 9 aromatic carbocycles. The summed E-state index contributed by atoms with van der Waals surface area (Å²) in [6, 6.07) is 80.3. The number of nitrogens with zero attached hydrogens (tertiary/aromatic N) is 2. The number of aromatic nitrogens is 1. The van der Waals surface area contributed by atoms with E-state index in [2.05, 4.69) is 190 Å². The highest BCUT2D eigenvalue weighted by Crippen LogP contribution is 2.56. The molecule has 71 heavy (non-hydrogen) atoms. The van der Waals surface area contributed by atoms with Crippen molar-refractivity contribution in [2.24, 2.45) is 0 Å². The van der Waals surface area contributed by atoms with Gasteiger partial charge in [0.05, 0.1) is 26.6 Å². The zero-order chi connectivity index (χ0) is 48.3. The molecule has 0 saturated heterocycles. The summed E-state index contributed by atoms with van der Waals surface area (Å²) in [6.07, 6.45) is 0. The lowest BCUT2D eigenvalue weighted by atomic mass is 9.66. The molecule has 13 rings (SSSR count). The van der Waals surface area contributed by atoms with Crippen LogP contribution in [0.4, 0.5) is 17.1 Å². The molecular formula is C66H50N2O2S. The van der Waals surface area contributed by atoms with E-state index in [9.17, 15) is 8.42 Å². The molecular weight excluding hydrogens is 885 g/mol. The quantitative estimate of drug-likeness (QED) is 0.160. The molecule has 0 N–H and O–H groups in total. The third kappa shape index (κ3) is 6.29. The van der Waals surface area contributed by atoms with Crippen molar-refractivity contribution in [2.75, 3.05) is 4.90 Å².